The number of anilines is 1. The van der Waals surface area contributed by atoms with E-state index >= 15 is 0 Å². The number of carbonyl (C=O) groups is 2. The van der Waals surface area contributed by atoms with E-state index in [4.69, 9.17) is 0 Å². The number of aryl methyl sites for hydroxylation is 1. The number of hydrogen-bond donors (Lipinski definition) is 1. The van der Waals surface area contributed by atoms with E-state index in [1.807, 2.05) is 0 Å². The zero-order valence-corrected chi connectivity index (χ0v) is 10.6. The van der Waals surface area contributed by atoms with Gasteiger partial charge >= 0.3 is 0 Å². The molecule has 0 radical (unpaired) electrons. The number of amides is 2. The molecular weight excluding hydrogens is 261 g/mol. The minimum Gasteiger partial charge on any atom is -0.505 e. The van der Waals surface area contributed by atoms with Crippen LogP contribution in [0.15, 0.2) is 36.4 Å². The Morgan fingerprint density at radius 3 is 2.15 bits per heavy atom. The summed E-state index contributed by atoms with van der Waals surface area (Å²) < 4.78 is 13.3. The van der Waals surface area contributed by atoms with Gasteiger partial charge in [-0.1, -0.05) is 12.1 Å². The molecule has 0 saturated carbocycles. The molecule has 0 unspecified atom stereocenters. The minimum atomic E-state index is -0.789. The van der Waals surface area contributed by atoms with Gasteiger partial charge in [0.05, 0.1) is 16.8 Å². The molecule has 1 aliphatic heterocycles. The Morgan fingerprint density at radius 1 is 1.05 bits per heavy atom. The van der Waals surface area contributed by atoms with Crippen LogP contribution < -0.4 is 4.90 Å². The first-order chi connectivity index (χ1) is 9.50. The third kappa shape index (κ3) is 1.60. The Labute approximate surface area is 114 Å². The van der Waals surface area contributed by atoms with Crippen LogP contribution in [-0.4, -0.2) is 16.9 Å². The third-order valence-electron chi connectivity index (χ3n) is 3.30. The highest BCUT2D eigenvalue weighted by atomic mass is 19.1. The smallest absolute Gasteiger partial charge is 0.266 e. The molecule has 0 aromatic heterocycles. The van der Waals surface area contributed by atoms with Crippen molar-refractivity contribution in [1.29, 1.82) is 0 Å². The van der Waals surface area contributed by atoms with Crippen molar-refractivity contribution in [3.63, 3.8) is 0 Å². The number of phenols is 1. The number of carbonyl (C=O) groups excluding carboxylic acids is 2. The average Bonchev–Trinajstić information content (AvgIpc) is 2.68. The van der Waals surface area contributed by atoms with Gasteiger partial charge in [0.1, 0.15) is 0 Å². The molecule has 0 bridgehead atoms. The monoisotopic (exact) mass is 271 g/mol. The Morgan fingerprint density at radius 2 is 1.60 bits per heavy atom. The molecule has 20 heavy (non-hydrogen) atoms. The Hall–Kier alpha value is -2.69. The number of nitrogens with zero attached hydrogens (tertiary/aromatic N) is 1. The standard InChI is InChI=1S/C15H10FNO3/c1-8-6-11(16)13(18)7-12(8)17-14(19)9-4-2-3-5-10(9)15(17)20/h2-7,18H,1H3. The minimum absolute atomic E-state index is 0.190. The summed E-state index contributed by atoms with van der Waals surface area (Å²) in [5, 5.41) is 9.45. The number of imide groups is 1. The first-order valence-corrected chi connectivity index (χ1v) is 5.97. The third-order valence-corrected chi connectivity index (χ3v) is 3.30. The van der Waals surface area contributed by atoms with Crippen LogP contribution in [0, 0.1) is 12.7 Å². The van der Waals surface area contributed by atoms with E-state index in [0.717, 1.165) is 17.0 Å². The number of halogens is 1. The van der Waals surface area contributed by atoms with Crippen LogP contribution >= 0.6 is 0 Å². The quantitative estimate of drug-likeness (QED) is 0.811. The van der Waals surface area contributed by atoms with Gasteiger partial charge in [0.15, 0.2) is 11.6 Å². The molecule has 1 N–H and O–H groups in total. The van der Waals surface area contributed by atoms with Crippen molar-refractivity contribution in [2.75, 3.05) is 4.90 Å². The maximum Gasteiger partial charge on any atom is 0.266 e. The molecule has 3 rings (SSSR count). The van der Waals surface area contributed by atoms with Gasteiger partial charge < -0.3 is 5.11 Å². The van der Waals surface area contributed by atoms with Gasteiger partial charge in [-0.3, -0.25) is 9.59 Å². The summed E-state index contributed by atoms with van der Waals surface area (Å²) in [5.41, 5.74) is 1.20. The van der Waals surface area contributed by atoms with Crippen molar-refractivity contribution in [1.82, 2.24) is 0 Å². The summed E-state index contributed by atoms with van der Waals surface area (Å²) in [7, 11) is 0. The largest absolute Gasteiger partial charge is 0.505 e. The number of rotatable bonds is 1. The normalized spacial score (nSPS) is 13.8. The molecule has 0 aliphatic carbocycles. The lowest BCUT2D eigenvalue weighted by Gasteiger charge is -2.17. The van der Waals surface area contributed by atoms with E-state index in [1.165, 1.54) is 0 Å². The van der Waals surface area contributed by atoms with Crippen molar-refractivity contribution in [3.8, 4) is 5.75 Å². The predicted octanol–water partition coefficient (Wildman–Crippen LogP) is 2.64. The van der Waals surface area contributed by atoms with Crippen LogP contribution in [-0.2, 0) is 0 Å². The Bertz CT molecular complexity index is 720. The van der Waals surface area contributed by atoms with E-state index in [9.17, 15) is 19.1 Å². The molecule has 0 saturated heterocycles. The Balaban J connectivity index is 2.17. The first-order valence-electron chi connectivity index (χ1n) is 5.97. The van der Waals surface area contributed by atoms with E-state index < -0.39 is 23.4 Å². The molecule has 4 nitrogen and oxygen atoms in total. The van der Waals surface area contributed by atoms with Crippen molar-refractivity contribution >= 4 is 17.5 Å². The summed E-state index contributed by atoms with van der Waals surface area (Å²) in [4.78, 5) is 25.5. The fourth-order valence-electron chi connectivity index (χ4n) is 2.30. The summed E-state index contributed by atoms with van der Waals surface area (Å²) in [5.74, 6) is -2.33. The number of fused-ring (bicyclic) bond motifs is 1. The first kappa shape index (κ1) is 12.3. The van der Waals surface area contributed by atoms with Crippen LogP contribution in [0.2, 0.25) is 0 Å². The second-order valence-corrected chi connectivity index (χ2v) is 4.58. The van der Waals surface area contributed by atoms with Gasteiger partial charge in [0.25, 0.3) is 11.8 Å². The molecule has 1 aliphatic rings. The predicted molar refractivity (Wildman–Crippen MR) is 70.4 cm³/mol. The molecule has 0 atom stereocenters. The topological polar surface area (TPSA) is 57.6 Å². The van der Waals surface area contributed by atoms with Gasteiger partial charge in [-0.2, -0.15) is 0 Å². The number of phenolic OH excluding ortho intramolecular Hbond substituents is 1. The highest BCUT2D eigenvalue weighted by Crippen LogP contribution is 2.33. The lowest BCUT2D eigenvalue weighted by atomic mass is 10.1. The van der Waals surface area contributed by atoms with Crippen molar-refractivity contribution in [2.45, 2.75) is 6.92 Å². The molecule has 2 aromatic rings. The maximum atomic E-state index is 13.3. The van der Waals surface area contributed by atoms with Gasteiger partial charge in [0, 0.05) is 6.07 Å². The van der Waals surface area contributed by atoms with Crippen molar-refractivity contribution < 1.29 is 19.1 Å². The van der Waals surface area contributed by atoms with E-state index in [-0.39, 0.29) is 5.69 Å². The van der Waals surface area contributed by atoms with Gasteiger partial charge in [-0.05, 0) is 30.7 Å². The number of hydrogen-bond acceptors (Lipinski definition) is 3. The van der Waals surface area contributed by atoms with Crippen LogP contribution in [0.1, 0.15) is 26.3 Å². The van der Waals surface area contributed by atoms with Crippen molar-refractivity contribution in [3.05, 3.63) is 58.9 Å². The molecule has 100 valence electrons. The summed E-state index contributed by atoms with van der Waals surface area (Å²) in [6, 6.07) is 8.65. The second-order valence-electron chi connectivity index (χ2n) is 4.58. The van der Waals surface area contributed by atoms with E-state index in [2.05, 4.69) is 0 Å². The number of aromatic hydroxyl groups is 1. The summed E-state index contributed by atoms with van der Waals surface area (Å²) >= 11 is 0. The molecule has 0 spiro atoms. The fraction of sp³-hybridized carbons (Fsp3) is 0.0667. The lowest BCUT2D eigenvalue weighted by molar-refractivity contribution is 0.0926. The summed E-state index contributed by atoms with van der Waals surface area (Å²) in [6.45, 7) is 1.57. The molecule has 2 amide bonds. The second kappa shape index (κ2) is 4.16. The lowest BCUT2D eigenvalue weighted by Crippen LogP contribution is -2.30. The van der Waals surface area contributed by atoms with Gasteiger partial charge in [0.2, 0.25) is 0 Å². The van der Waals surface area contributed by atoms with E-state index in [0.29, 0.717) is 16.7 Å². The van der Waals surface area contributed by atoms with E-state index in [1.54, 1.807) is 31.2 Å². The van der Waals surface area contributed by atoms with Gasteiger partial charge in [-0.25, -0.2) is 9.29 Å². The van der Waals surface area contributed by atoms with Crippen LogP contribution in [0.5, 0.6) is 5.75 Å². The molecular formula is C15H10FNO3. The SMILES string of the molecule is Cc1cc(F)c(O)cc1N1C(=O)c2ccccc2C1=O. The highest BCUT2D eigenvalue weighted by molar-refractivity contribution is 6.34. The molecule has 5 heteroatoms. The summed E-state index contributed by atoms with van der Waals surface area (Å²) in [6.07, 6.45) is 0. The zero-order chi connectivity index (χ0) is 14.4. The maximum absolute atomic E-state index is 13.3. The van der Waals surface area contributed by atoms with Crippen LogP contribution in [0.3, 0.4) is 0 Å². The van der Waals surface area contributed by atoms with Crippen molar-refractivity contribution in [2.24, 2.45) is 0 Å². The average molecular weight is 271 g/mol. The molecule has 0 fully saturated rings. The number of benzene rings is 2. The van der Waals surface area contributed by atoms with Crippen LogP contribution in [0.4, 0.5) is 10.1 Å². The zero-order valence-electron chi connectivity index (χ0n) is 10.6. The highest BCUT2D eigenvalue weighted by Gasteiger charge is 2.37. The van der Waals surface area contributed by atoms with Crippen LogP contribution in [0.25, 0.3) is 0 Å². The molecule has 1 heterocycles. The molecule has 2 aromatic carbocycles. The Kier molecular flexibility index (Phi) is 2.57. The van der Waals surface area contributed by atoms with Gasteiger partial charge in [-0.15, -0.1) is 0 Å². The fourth-order valence-corrected chi connectivity index (χ4v) is 2.30.